The van der Waals surface area contributed by atoms with Crippen LogP contribution < -0.4 is 9.62 Å². The molecule has 174 valence electrons. The molecule has 3 aromatic carbocycles. The molecule has 1 amide bonds. The summed E-state index contributed by atoms with van der Waals surface area (Å²) in [6.07, 6.45) is 1.63. The van der Waals surface area contributed by atoms with Crippen LogP contribution in [0.4, 0.5) is 5.69 Å². The first-order chi connectivity index (χ1) is 15.7. The van der Waals surface area contributed by atoms with E-state index in [-0.39, 0.29) is 17.3 Å². The van der Waals surface area contributed by atoms with Crippen molar-refractivity contribution in [1.82, 2.24) is 5.32 Å². The molecule has 6 heteroatoms. The fourth-order valence-electron chi connectivity index (χ4n) is 3.61. The number of hydrogen-bond acceptors (Lipinski definition) is 3. The van der Waals surface area contributed by atoms with Crippen LogP contribution in [-0.4, -0.2) is 27.4 Å². The van der Waals surface area contributed by atoms with Crippen molar-refractivity contribution in [3.05, 3.63) is 94.5 Å². The normalized spacial score (nSPS) is 11.3. The van der Waals surface area contributed by atoms with E-state index >= 15 is 0 Å². The number of anilines is 1. The number of sulfonamides is 1. The first kappa shape index (κ1) is 24.5. The van der Waals surface area contributed by atoms with Gasteiger partial charge in [-0.05, 0) is 81.5 Å². The van der Waals surface area contributed by atoms with Crippen LogP contribution in [0.1, 0.15) is 34.2 Å². The molecule has 1 N–H and O–H groups in total. The lowest BCUT2D eigenvalue weighted by Crippen LogP contribution is -2.41. The molecule has 0 aromatic heterocycles. The highest BCUT2D eigenvalue weighted by molar-refractivity contribution is 7.92. The summed E-state index contributed by atoms with van der Waals surface area (Å²) in [7, 11) is -3.90. The highest BCUT2D eigenvalue weighted by Gasteiger charge is 2.27. The molecular formula is C27H32N2O3S. The predicted octanol–water partition coefficient (Wildman–Crippen LogP) is 4.86. The van der Waals surface area contributed by atoms with E-state index in [0.29, 0.717) is 12.2 Å². The first-order valence-electron chi connectivity index (χ1n) is 11.2. The fraction of sp³-hybridized carbons (Fsp3) is 0.296. The zero-order valence-corrected chi connectivity index (χ0v) is 20.6. The minimum atomic E-state index is -3.90. The molecular weight excluding hydrogens is 432 g/mol. The lowest BCUT2D eigenvalue weighted by molar-refractivity contribution is -0.119. The van der Waals surface area contributed by atoms with E-state index < -0.39 is 10.0 Å². The van der Waals surface area contributed by atoms with Crippen molar-refractivity contribution >= 4 is 21.6 Å². The molecule has 0 atom stereocenters. The van der Waals surface area contributed by atoms with Crippen LogP contribution in [0.5, 0.6) is 0 Å². The van der Waals surface area contributed by atoms with Crippen molar-refractivity contribution in [3.63, 3.8) is 0 Å². The molecule has 5 nitrogen and oxygen atoms in total. The van der Waals surface area contributed by atoms with Crippen molar-refractivity contribution in [2.75, 3.05) is 17.4 Å². The average molecular weight is 465 g/mol. The Bertz CT molecular complexity index is 1220. The van der Waals surface area contributed by atoms with E-state index in [0.717, 1.165) is 29.5 Å². The number of carbonyl (C=O) groups is 1. The minimum absolute atomic E-state index is 0.165. The fourth-order valence-corrected chi connectivity index (χ4v) is 5.02. The lowest BCUT2D eigenvalue weighted by atomic mass is 10.1. The predicted molar refractivity (Wildman–Crippen MR) is 134 cm³/mol. The van der Waals surface area contributed by atoms with Gasteiger partial charge in [0, 0.05) is 6.54 Å². The quantitative estimate of drug-likeness (QED) is 0.460. The summed E-state index contributed by atoms with van der Waals surface area (Å²) in [5, 5.41) is 2.88. The van der Waals surface area contributed by atoms with Crippen LogP contribution >= 0.6 is 0 Å². The molecule has 0 aliphatic rings. The maximum Gasteiger partial charge on any atom is 0.264 e. The Labute approximate surface area is 197 Å². The van der Waals surface area contributed by atoms with Crippen molar-refractivity contribution in [2.45, 2.75) is 45.4 Å². The SMILES string of the molecule is Cc1ccc(S(=O)(=O)N(CC(=O)NCCCc2cccc(C)c2)c2ccc(C)c(C)c2)cc1. The molecule has 0 unspecified atom stereocenters. The second-order valence-electron chi connectivity index (χ2n) is 8.54. The summed E-state index contributed by atoms with van der Waals surface area (Å²) < 4.78 is 28.1. The Kier molecular flexibility index (Phi) is 7.92. The van der Waals surface area contributed by atoms with Gasteiger partial charge < -0.3 is 5.32 Å². The molecule has 0 aliphatic carbocycles. The van der Waals surface area contributed by atoms with Crippen molar-refractivity contribution < 1.29 is 13.2 Å². The maximum absolute atomic E-state index is 13.5. The van der Waals surface area contributed by atoms with Gasteiger partial charge in [-0.1, -0.05) is 53.6 Å². The van der Waals surface area contributed by atoms with Crippen LogP contribution in [-0.2, 0) is 21.2 Å². The van der Waals surface area contributed by atoms with Gasteiger partial charge in [-0.15, -0.1) is 0 Å². The Morgan fingerprint density at radius 3 is 2.24 bits per heavy atom. The molecule has 0 heterocycles. The van der Waals surface area contributed by atoms with E-state index in [1.54, 1.807) is 30.3 Å². The zero-order valence-electron chi connectivity index (χ0n) is 19.8. The molecule has 0 radical (unpaired) electrons. The van der Waals surface area contributed by atoms with Crippen LogP contribution in [0.25, 0.3) is 0 Å². The Hall–Kier alpha value is -3.12. The summed E-state index contributed by atoms with van der Waals surface area (Å²) in [6, 6.07) is 20.4. The van der Waals surface area contributed by atoms with Crippen LogP contribution in [0.3, 0.4) is 0 Å². The van der Waals surface area contributed by atoms with Gasteiger partial charge in [0.15, 0.2) is 0 Å². The smallest absolute Gasteiger partial charge is 0.264 e. The van der Waals surface area contributed by atoms with Crippen molar-refractivity contribution in [1.29, 1.82) is 0 Å². The minimum Gasteiger partial charge on any atom is -0.355 e. The number of rotatable bonds is 9. The van der Waals surface area contributed by atoms with Gasteiger partial charge in [0.2, 0.25) is 5.91 Å². The van der Waals surface area contributed by atoms with Gasteiger partial charge >= 0.3 is 0 Å². The highest BCUT2D eigenvalue weighted by Crippen LogP contribution is 2.26. The van der Waals surface area contributed by atoms with Gasteiger partial charge in [-0.25, -0.2) is 8.42 Å². The maximum atomic E-state index is 13.5. The number of carbonyl (C=O) groups excluding carboxylic acids is 1. The molecule has 3 rings (SSSR count). The summed E-state index contributed by atoms with van der Waals surface area (Å²) in [6.45, 7) is 8.07. The lowest BCUT2D eigenvalue weighted by Gasteiger charge is -2.25. The third-order valence-electron chi connectivity index (χ3n) is 5.72. The largest absolute Gasteiger partial charge is 0.355 e. The van der Waals surface area contributed by atoms with E-state index in [1.807, 2.05) is 39.0 Å². The molecule has 33 heavy (non-hydrogen) atoms. The molecule has 0 saturated carbocycles. The third-order valence-corrected chi connectivity index (χ3v) is 7.51. The summed E-state index contributed by atoms with van der Waals surface area (Å²) in [5.41, 5.74) is 5.92. The first-order valence-corrected chi connectivity index (χ1v) is 12.6. The second kappa shape index (κ2) is 10.7. The molecule has 0 saturated heterocycles. The van der Waals surface area contributed by atoms with E-state index in [9.17, 15) is 13.2 Å². The number of aryl methyl sites for hydroxylation is 5. The van der Waals surface area contributed by atoms with E-state index in [4.69, 9.17) is 0 Å². The van der Waals surface area contributed by atoms with Gasteiger partial charge in [0.25, 0.3) is 10.0 Å². The van der Waals surface area contributed by atoms with Gasteiger partial charge in [0.05, 0.1) is 10.6 Å². The summed E-state index contributed by atoms with van der Waals surface area (Å²) >= 11 is 0. The Balaban J connectivity index is 1.74. The zero-order chi connectivity index (χ0) is 24.0. The molecule has 3 aromatic rings. The molecule has 0 aliphatic heterocycles. The van der Waals surface area contributed by atoms with Crippen LogP contribution in [0.15, 0.2) is 71.6 Å². The number of benzene rings is 3. The topological polar surface area (TPSA) is 66.5 Å². The monoisotopic (exact) mass is 464 g/mol. The Morgan fingerprint density at radius 2 is 1.58 bits per heavy atom. The number of nitrogens with zero attached hydrogens (tertiary/aromatic N) is 1. The van der Waals surface area contributed by atoms with Gasteiger partial charge in [0.1, 0.15) is 6.54 Å². The standard InChI is InChI=1S/C27H32N2O3S/c1-20-10-14-26(15-11-20)33(31,32)29(25-13-12-22(3)23(4)18-25)19-27(30)28-16-6-9-24-8-5-7-21(2)17-24/h5,7-8,10-15,17-18H,6,9,16,19H2,1-4H3,(H,28,30). The highest BCUT2D eigenvalue weighted by atomic mass is 32.2. The molecule has 0 bridgehead atoms. The summed E-state index contributed by atoms with van der Waals surface area (Å²) in [5.74, 6) is -0.326. The van der Waals surface area contributed by atoms with Crippen molar-refractivity contribution in [2.24, 2.45) is 0 Å². The van der Waals surface area contributed by atoms with Crippen LogP contribution in [0.2, 0.25) is 0 Å². The summed E-state index contributed by atoms with van der Waals surface area (Å²) in [4.78, 5) is 12.9. The molecule has 0 spiro atoms. The average Bonchev–Trinajstić information content (AvgIpc) is 2.77. The second-order valence-corrected chi connectivity index (χ2v) is 10.4. The van der Waals surface area contributed by atoms with E-state index in [2.05, 4.69) is 30.4 Å². The number of nitrogens with one attached hydrogen (secondary N) is 1. The number of amides is 1. The third kappa shape index (κ3) is 6.45. The van der Waals surface area contributed by atoms with Gasteiger partial charge in [-0.3, -0.25) is 9.10 Å². The van der Waals surface area contributed by atoms with Crippen LogP contribution in [0, 0.1) is 27.7 Å². The molecule has 0 fully saturated rings. The number of hydrogen-bond donors (Lipinski definition) is 1. The Morgan fingerprint density at radius 1 is 0.848 bits per heavy atom. The van der Waals surface area contributed by atoms with E-state index in [1.165, 1.54) is 15.4 Å². The van der Waals surface area contributed by atoms with Gasteiger partial charge in [-0.2, -0.15) is 0 Å². The van der Waals surface area contributed by atoms with Crippen molar-refractivity contribution in [3.8, 4) is 0 Å².